The van der Waals surface area contributed by atoms with Gasteiger partial charge in [0.05, 0.1) is 18.7 Å². The Morgan fingerprint density at radius 2 is 1.83 bits per heavy atom. The first-order chi connectivity index (χ1) is 14.4. The number of carbonyl (C=O) groups excluding carboxylic acids is 1. The van der Waals surface area contributed by atoms with Crippen molar-refractivity contribution in [1.82, 2.24) is 4.98 Å². The maximum atomic E-state index is 13.4. The number of hydrazone groups is 1. The molecule has 3 rings (SSSR count). The number of carbonyl (C=O) groups is 1. The molecule has 0 aliphatic carbocycles. The van der Waals surface area contributed by atoms with E-state index < -0.39 is 24.1 Å². The summed E-state index contributed by atoms with van der Waals surface area (Å²) in [5, 5.41) is 5.34. The molecule has 0 amide bonds. The number of hydrogen-bond acceptors (Lipinski definition) is 6. The van der Waals surface area contributed by atoms with Crippen LogP contribution in [-0.2, 0) is 0 Å². The van der Waals surface area contributed by atoms with Crippen LogP contribution < -0.4 is 10.2 Å². The molecule has 30 heavy (non-hydrogen) atoms. The lowest BCUT2D eigenvalue weighted by atomic mass is 10.1. The third-order valence-corrected chi connectivity index (χ3v) is 4.75. The molecule has 0 saturated heterocycles. The number of nitrogens with zero attached hydrogens (tertiary/aromatic N) is 2. The maximum absolute atomic E-state index is 13.4. The molecule has 5 nitrogen and oxygen atoms in total. The van der Waals surface area contributed by atoms with Crippen molar-refractivity contribution in [3.05, 3.63) is 65.5 Å². The molecular weight excluding hydrogens is 415 g/mol. The minimum Gasteiger partial charge on any atom is -0.494 e. The smallest absolute Gasteiger partial charge is 0.431 e. The number of alkyl halides is 3. The Kier molecular flexibility index (Phi) is 6.83. The van der Waals surface area contributed by atoms with Gasteiger partial charge in [-0.2, -0.15) is 18.3 Å². The van der Waals surface area contributed by atoms with E-state index in [1.165, 1.54) is 12.1 Å². The van der Waals surface area contributed by atoms with Gasteiger partial charge in [-0.1, -0.05) is 30.3 Å². The number of aromatic nitrogens is 1. The van der Waals surface area contributed by atoms with E-state index in [2.05, 4.69) is 15.5 Å². The molecule has 0 bridgehead atoms. The molecule has 156 valence electrons. The zero-order valence-corrected chi connectivity index (χ0v) is 16.8. The second kappa shape index (κ2) is 9.53. The van der Waals surface area contributed by atoms with E-state index in [0.717, 1.165) is 16.9 Å². The van der Waals surface area contributed by atoms with Gasteiger partial charge < -0.3 is 4.74 Å². The van der Waals surface area contributed by atoms with Gasteiger partial charge in [-0.05, 0) is 31.2 Å². The largest absolute Gasteiger partial charge is 0.494 e. The van der Waals surface area contributed by atoms with E-state index in [-0.39, 0.29) is 10.7 Å². The van der Waals surface area contributed by atoms with Crippen LogP contribution in [0.2, 0.25) is 0 Å². The molecule has 0 atom stereocenters. The van der Waals surface area contributed by atoms with Crippen molar-refractivity contribution in [3.8, 4) is 17.0 Å². The maximum Gasteiger partial charge on any atom is 0.431 e. The van der Waals surface area contributed by atoms with Crippen LogP contribution in [0.5, 0.6) is 5.75 Å². The number of benzene rings is 2. The van der Waals surface area contributed by atoms with Gasteiger partial charge in [-0.25, -0.2) is 4.98 Å². The fourth-order valence-corrected chi connectivity index (χ4v) is 3.20. The van der Waals surface area contributed by atoms with Crippen molar-refractivity contribution < 1.29 is 22.7 Å². The van der Waals surface area contributed by atoms with E-state index >= 15 is 0 Å². The third kappa shape index (κ3) is 5.66. The van der Waals surface area contributed by atoms with Crippen LogP contribution >= 0.6 is 11.3 Å². The number of rotatable bonds is 8. The van der Waals surface area contributed by atoms with Crippen LogP contribution in [-0.4, -0.2) is 29.3 Å². The number of hydrogen-bond donors (Lipinski definition) is 1. The van der Waals surface area contributed by atoms with Crippen molar-refractivity contribution in [3.63, 3.8) is 0 Å². The molecular formula is C21H18F3N3O2S. The highest BCUT2D eigenvalue weighted by Crippen LogP contribution is 2.26. The molecule has 1 aromatic heterocycles. The summed E-state index contributed by atoms with van der Waals surface area (Å²) in [7, 11) is 0. The van der Waals surface area contributed by atoms with Crippen molar-refractivity contribution in [2.45, 2.75) is 19.5 Å². The molecule has 2 aromatic carbocycles. The zero-order chi connectivity index (χ0) is 21.6. The average Bonchev–Trinajstić information content (AvgIpc) is 3.20. The van der Waals surface area contributed by atoms with Gasteiger partial charge in [0, 0.05) is 16.5 Å². The van der Waals surface area contributed by atoms with Crippen molar-refractivity contribution >= 4 is 28.0 Å². The normalized spacial score (nSPS) is 11.9. The van der Waals surface area contributed by atoms with E-state index in [0.29, 0.717) is 18.1 Å². The molecule has 9 heteroatoms. The molecule has 1 N–H and O–H groups in total. The second-order valence-electron chi connectivity index (χ2n) is 6.13. The quantitative estimate of drug-likeness (QED) is 0.277. The van der Waals surface area contributed by atoms with Crippen molar-refractivity contribution in [2.24, 2.45) is 5.10 Å². The van der Waals surface area contributed by atoms with Gasteiger partial charge in [-0.3, -0.25) is 10.2 Å². The minimum absolute atomic E-state index is 0.149. The van der Waals surface area contributed by atoms with E-state index in [4.69, 9.17) is 4.74 Å². The van der Waals surface area contributed by atoms with Crippen LogP contribution in [0.25, 0.3) is 11.3 Å². The summed E-state index contributed by atoms with van der Waals surface area (Å²) in [5.41, 5.74) is 2.71. The lowest BCUT2D eigenvalue weighted by Gasteiger charge is -2.10. The number of anilines is 1. The standard InChI is InChI=1S/C21H18F3N3O2S/c1-2-29-16-10-8-15(9-11-16)18(28)12-19(21(22,23)24)26-27-20-25-17(13-30-20)14-6-4-3-5-7-14/h3-11,13H,2,12H2,1H3,(H,25,27). The Labute approximate surface area is 175 Å². The lowest BCUT2D eigenvalue weighted by molar-refractivity contribution is -0.0602. The SMILES string of the molecule is CCOc1ccc(C(=O)CC(=NNc2nc(-c3ccccc3)cs2)C(F)(F)F)cc1. The predicted molar refractivity (Wildman–Crippen MR) is 111 cm³/mol. The molecule has 1 heterocycles. The Hall–Kier alpha value is -3.20. The molecule has 0 fully saturated rings. The Balaban J connectivity index is 1.72. The first-order valence-electron chi connectivity index (χ1n) is 9.03. The Morgan fingerprint density at radius 3 is 2.47 bits per heavy atom. The second-order valence-corrected chi connectivity index (χ2v) is 6.99. The molecule has 0 spiro atoms. The number of thiazole rings is 1. The van der Waals surface area contributed by atoms with Gasteiger partial charge >= 0.3 is 6.18 Å². The molecule has 0 saturated carbocycles. The lowest BCUT2D eigenvalue weighted by Crippen LogP contribution is -2.27. The van der Waals surface area contributed by atoms with Crippen LogP contribution in [0, 0.1) is 0 Å². The zero-order valence-electron chi connectivity index (χ0n) is 15.9. The summed E-state index contributed by atoms with van der Waals surface area (Å²) >= 11 is 1.12. The summed E-state index contributed by atoms with van der Waals surface area (Å²) in [4.78, 5) is 16.5. The third-order valence-electron chi connectivity index (χ3n) is 4.00. The van der Waals surface area contributed by atoms with E-state index in [9.17, 15) is 18.0 Å². The molecule has 0 aliphatic rings. The number of nitrogens with one attached hydrogen (secondary N) is 1. The van der Waals surface area contributed by atoms with E-state index in [1.54, 1.807) is 17.5 Å². The predicted octanol–water partition coefficient (Wildman–Crippen LogP) is 5.81. The monoisotopic (exact) mass is 433 g/mol. The topological polar surface area (TPSA) is 63.6 Å². The molecule has 0 unspecified atom stereocenters. The van der Waals surface area contributed by atoms with E-state index in [1.807, 2.05) is 37.3 Å². The number of halogens is 3. The summed E-state index contributed by atoms with van der Waals surface area (Å²) in [5.74, 6) is -0.154. The summed E-state index contributed by atoms with van der Waals surface area (Å²) in [6, 6.07) is 15.2. The van der Waals surface area contributed by atoms with Crippen LogP contribution in [0.3, 0.4) is 0 Å². The summed E-state index contributed by atoms with van der Waals surface area (Å²) in [6.45, 7) is 2.26. The summed E-state index contributed by atoms with van der Waals surface area (Å²) < 4.78 is 45.4. The number of ether oxygens (including phenoxy) is 1. The first kappa shape index (κ1) is 21.5. The molecule has 0 aliphatic heterocycles. The highest BCUT2D eigenvalue weighted by Gasteiger charge is 2.37. The van der Waals surface area contributed by atoms with Gasteiger partial charge in [0.25, 0.3) is 0 Å². The molecule has 3 aromatic rings. The first-order valence-corrected chi connectivity index (χ1v) is 9.91. The fraction of sp³-hybridized carbons (Fsp3) is 0.190. The van der Waals surface area contributed by atoms with Crippen molar-refractivity contribution in [2.75, 3.05) is 12.0 Å². The highest BCUT2D eigenvalue weighted by molar-refractivity contribution is 7.14. The fourth-order valence-electron chi connectivity index (χ4n) is 2.54. The summed E-state index contributed by atoms with van der Waals surface area (Å²) in [6.07, 6.45) is -5.64. The van der Waals surface area contributed by atoms with Gasteiger partial charge in [-0.15, -0.1) is 11.3 Å². The highest BCUT2D eigenvalue weighted by atomic mass is 32.1. The van der Waals surface area contributed by atoms with Gasteiger partial charge in [0.15, 0.2) is 5.78 Å². The molecule has 0 radical (unpaired) electrons. The Bertz CT molecular complexity index is 1020. The minimum atomic E-state index is -4.76. The average molecular weight is 433 g/mol. The number of ketones is 1. The van der Waals surface area contributed by atoms with Gasteiger partial charge in [0.2, 0.25) is 5.13 Å². The van der Waals surface area contributed by atoms with Gasteiger partial charge in [0.1, 0.15) is 11.5 Å². The Morgan fingerprint density at radius 1 is 1.13 bits per heavy atom. The van der Waals surface area contributed by atoms with Crippen LogP contribution in [0.1, 0.15) is 23.7 Å². The van der Waals surface area contributed by atoms with Crippen molar-refractivity contribution in [1.29, 1.82) is 0 Å². The van der Waals surface area contributed by atoms with Crippen LogP contribution in [0.15, 0.2) is 65.1 Å². The van der Waals surface area contributed by atoms with Crippen LogP contribution in [0.4, 0.5) is 18.3 Å². The number of Topliss-reactive ketones (excluding diaryl/α,β-unsaturated/α-hetero) is 1.